The number of nitrogens with one attached hydrogen (secondary N) is 1. The first-order valence-corrected chi connectivity index (χ1v) is 6.78. The number of nitrogens with zero attached hydrogens (tertiary/aromatic N) is 1. The van der Waals surface area contributed by atoms with Crippen molar-refractivity contribution in [1.82, 2.24) is 10.2 Å². The average molecular weight is 239 g/mol. The second kappa shape index (κ2) is 4.94. The lowest BCUT2D eigenvalue weighted by molar-refractivity contribution is -0.122. The fraction of sp³-hybridized carbons (Fsp3) is 0.923. The summed E-state index contributed by atoms with van der Waals surface area (Å²) in [4.78, 5) is 14.4. The Bertz CT molecular complexity index is 285. The number of nitrogens with two attached hydrogens (primary N) is 1. The molecule has 2 heterocycles. The molecule has 0 bridgehead atoms. The van der Waals surface area contributed by atoms with E-state index >= 15 is 0 Å². The van der Waals surface area contributed by atoms with Gasteiger partial charge in [0.2, 0.25) is 5.91 Å². The Labute approximate surface area is 104 Å². The number of hydrogen-bond acceptors (Lipinski definition) is 3. The number of rotatable bonds is 3. The number of carbonyl (C=O) groups excluding carboxylic acids is 1. The molecule has 2 unspecified atom stereocenters. The Hall–Kier alpha value is -0.610. The summed E-state index contributed by atoms with van der Waals surface area (Å²) in [6, 6.07) is 0.929. The molecule has 2 fully saturated rings. The lowest BCUT2D eigenvalue weighted by Gasteiger charge is -2.33. The molecular weight excluding hydrogens is 214 g/mol. The SMILES string of the molecule is CC(C)(N)CC(=O)NC1CCN2CCCCC12. The Morgan fingerprint density at radius 2 is 2.12 bits per heavy atom. The third-order valence-corrected chi connectivity index (χ3v) is 3.82. The number of amides is 1. The van der Waals surface area contributed by atoms with Gasteiger partial charge in [-0.15, -0.1) is 0 Å². The minimum Gasteiger partial charge on any atom is -0.352 e. The lowest BCUT2D eigenvalue weighted by atomic mass is 9.97. The fourth-order valence-corrected chi connectivity index (χ4v) is 3.09. The molecule has 0 aromatic carbocycles. The van der Waals surface area contributed by atoms with E-state index in [0.717, 1.165) is 13.0 Å². The van der Waals surface area contributed by atoms with Crippen LogP contribution in [0, 0.1) is 0 Å². The molecule has 3 N–H and O–H groups in total. The first-order valence-electron chi connectivity index (χ1n) is 6.78. The van der Waals surface area contributed by atoms with Gasteiger partial charge in [-0.05, 0) is 39.7 Å². The molecule has 98 valence electrons. The predicted octanol–water partition coefficient (Wildman–Crippen LogP) is 0.857. The third kappa shape index (κ3) is 3.42. The summed E-state index contributed by atoms with van der Waals surface area (Å²) in [5.41, 5.74) is 5.46. The van der Waals surface area contributed by atoms with Gasteiger partial charge in [0.15, 0.2) is 0 Å². The number of hydrogen-bond donors (Lipinski definition) is 2. The van der Waals surface area contributed by atoms with Crippen molar-refractivity contribution >= 4 is 5.91 Å². The Balaban J connectivity index is 1.85. The maximum Gasteiger partial charge on any atom is 0.222 e. The van der Waals surface area contributed by atoms with Crippen molar-refractivity contribution in [2.45, 2.75) is 63.6 Å². The zero-order valence-corrected chi connectivity index (χ0v) is 11.0. The highest BCUT2D eigenvalue weighted by atomic mass is 16.1. The molecule has 0 aromatic rings. The molecule has 0 saturated carbocycles. The van der Waals surface area contributed by atoms with E-state index in [9.17, 15) is 4.79 Å². The third-order valence-electron chi connectivity index (χ3n) is 3.82. The quantitative estimate of drug-likeness (QED) is 0.768. The number of fused-ring (bicyclic) bond motifs is 1. The van der Waals surface area contributed by atoms with E-state index in [1.807, 2.05) is 13.8 Å². The molecule has 2 aliphatic heterocycles. The molecule has 2 rings (SSSR count). The molecule has 0 radical (unpaired) electrons. The second-order valence-electron chi connectivity index (χ2n) is 6.23. The molecule has 4 nitrogen and oxygen atoms in total. The number of piperidine rings is 1. The van der Waals surface area contributed by atoms with Crippen LogP contribution < -0.4 is 11.1 Å². The minimum absolute atomic E-state index is 0.106. The molecule has 1 amide bonds. The highest BCUT2D eigenvalue weighted by Crippen LogP contribution is 2.27. The van der Waals surface area contributed by atoms with Crippen molar-refractivity contribution in [2.24, 2.45) is 5.73 Å². The smallest absolute Gasteiger partial charge is 0.222 e. The van der Waals surface area contributed by atoms with E-state index in [1.54, 1.807) is 0 Å². The first-order chi connectivity index (χ1) is 7.96. The van der Waals surface area contributed by atoms with Gasteiger partial charge in [0, 0.05) is 30.6 Å². The zero-order valence-electron chi connectivity index (χ0n) is 11.0. The average Bonchev–Trinajstić information content (AvgIpc) is 2.59. The normalized spacial score (nSPS) is 30.1. The van der Waals surface area contributed by atoms with Crippen molar-refractivity contribution in [2.75, 3.05) is 13.1 Å². The van der Waals surface area contributed by atoms with Crippen molar-refractivity contribution in [3.05, 3.63) is 0 Å². The summed E-state index contributed by atoms with van der Waals surface area (Å²) >= 11 is 0. The molecule has 0 aliphatic carbocycles. The van der Waals surface area contributed by atoms with Gasteiger partial charge in [-0.2, -0.15) is 0 Å². The van der Waals surface area contributed by atoms with Crippen molar-refractivity contribution < 1.29 is 4.79 Å². The maximum atomic E-state index is 11.9. The molecule has 2 atom stereocenters. The highest BCUT2D eigenvalue weighted by molar-refractivity contribution is 5.77. The zero-order chi connectivity index (χ0) is 12.5. The Kier molecular flexibility index (Phi) is 3.73. The predicted molar refractivity (Wildman–Crippen MR) is 68.6 cm³/mol. The lowest BCUT2D eigenvalue weighted by Crippen LogP contribution is -2.48. The summed E-state index contributed by atoms with van der Waals surface area (Å²) in [6.45, 7) is 6.14. The molecule has 17 heavy (non-hydrogen) atoms. The summed E-state index contributed by atoms with van der Waals surface area (Å²) in [5.74, 6) is 0.106. The van der Waals surface area contributed by atoms with Gasteiger partial charge < -0.3 is 11.1 Å². The van der Waals surface area contributed by atoms with Crippen LogP contribution in [0.2, 0.25) is 0 Å². The van der Waals surface area contributed by atoms with Crippen molar-refractivity contribution in [3.63, 3.8) is 0 Å². The highest BCUT2D eigenvalue weighted by Gasteiger charge is 2.36. The van der Waals surface area contributed by atoms with Gasteiger partial charge >= 0.3 is 0 Å². The van der Waals surface area contributed by atoms with E-state index in [1.165, 1.54) is 25.8 Å². The Morgan fingerprint density at radius 3 is 2.82 bits per heavy atom. The van der Waals surface area contributed by atoms with Crippen molar-refractivity contribution in [1.29, 1.82) is 0 Å². The minimum atomic E-state index is -0.408. The molecule has 0 spiro atoms. The van der Waals surface area contributed by atoms with Crippen molar-refractivity contribution in [3.8, 4) is 0 Å². The summed E-state index contributed by atoms with van der Waals surface area (Å²) < 4.78 is 0. The second-order valence-corrected chi connectivity index (χ2v) is 6.23. The molecule has 4 heteroatoms. The first kappa shape index (κ1) is 12.8. The fourth-order valence-electron chi connectivity index (χ4n) is 3.09. The van der Waals surface area contributed by atoms with Gasteiger partial charge in [0.1, 0.15) is 0 Å². The number of carbonyl (C=O) groups is 1. The van der Waals surface area contributed by atoms with E-state index in [2.05, 4.69) is 10.2 Å². The van der Waals surface area contributed by atoms with Crippen LogP contribution in [0.3, 0.4) is 0 Å². The van der Waals surface area contributed by atoms with Crippen LogP contribution in [0.15, 0.2) is 0 Å². The van der Waals surface area contributed by atoms with E-state index in [0.29, 0.717) is 18.5 Å². The largest absolute Gasteiger partial charge is 0.352 e. The van der Waals surface area contributed by atoms with Gasteiger partial charge in [-0.25, -0.2) is 0 Å². The molecule has 2 saturated heterocycles. The summed E-state index contributed by atoms with van der Waals surface area (Å²) in [5, 5.41) is 3.17. The van der Waals surface area contributed by atoms with E-state index in [-0.39, 0.29) is 5.91 Å². The standard InChI is InChI=1S/C13H25N3O/c1-13(2,14)9-12(17)15-10-6-8-16-7-4-3-5-11(10)16/h10-11H,3-9,14H2,1-2H3,(H,15,17). The van der Waals surface area contributed by atoms with Crippen LogP contribution in [-0.4, -0.2) is 41.5 Å². The van der Waals surface area contributed by atoms with Crippen LogP contribution in [-0.2, 0) is 4.79 Å². The monoisotopic (exact) mass is 239 g/mol. The molecular formula is C13H25N3O. The van der Waals surface area contributed by atoms with E-state index in [4.69, 9.17) is 5.73 Å². The van der Waals surface area contributed by atoms with Gasteiger partial charge in [0.25, 0.3) is 0 Å². The van der Waals surface area contributed by atoms with Crippen LogP contribution in [0.25, 0.3) is 0 Å². The van der Waals surface area contributed by atoms with Crippen LogP contribution >= 0.6 is 0 Å². The van der Waals surface area contributed by atoms with Gasteiger partial charge in [-0.1, -0.05) is 6.42 Å². The van der Waals surface area contributed by atoms with Gasteiger partial charge in [0.05, 0.1) is 0 Å². The van der Waals surface area contributed by atoms with Crippen LogP contribution in [0.5, 0.6) is 0 Å². The Morgan fingerprint density at radius 1 is 1.35 bits per heavy atom. The van der Waals surface area contributed by atoms with Crippen LogP contribution in [0.4, 0.5) is 0 Å². The molecule has 2 aliphatic rings. The van der Waals surface area contributed by atoms with Gasteiger partial charge in [-0.3, -0.25) is 9.69 Å². The maximum absolute atomic E-state index is 11.9. The topological polar surface area (TPSA) is 58.4 Å². The van der Waals surface area contributed by atoms with Crippen LogP contribution in [0.1, 0.15) is 46.0 Å². The molecule has 0 aromatic heterocycles. The summed E-state index contributed by atoms with van der Waals surface area (Å²) in [7, 11) is 0. The van der Waals surface area contributed by atoms with E-state index < -0.39 is 5.54 Å². The summed E-state index contributed by atoms with van der Waals surface area (Å²) in [6.07, 6.45) is 5.36.